The lowest BCUT2D eigenvalue weighted by Gasteiger charge is -2.21. The molecule has 0 saturated carbocycles. The van der Waals surface area contributed by atoms with E-state index >= 15 is 0 Å². The smallest absolute Gasteiger partial charge is 0.321 e. The Balaban J connectivity index is 1.55. The average Bonchev–Trinajstić information content (AvgIpc) is 3.36. The van der Waals surface area contributed by atoms with Crippen LogP contribution in [-0.2, 0) is 27.7 Å². The number of nitrogens with one attached hydrogen (secondary N) is 1. The predicted molar refractivity (Wildman–Crippen MR) is 136 cm³/mol. The van der Waals surface area contributed by atoms with Gasteiger partial charge in [-0.3, -0.25) is 4.79 Å². The van der Waals surface area contributed by atoms with Crippen LogP contribution in [0.3, 0.4) is 0 Å². The van der Waals surface area contributed by atoms with Crippen molar-refractivity contribution in [2.45, 2.75) is 29.8 Å². The second kappa shape index (κ2) is 11.3. The Bertz CT molecular complexity index is 1390. The highest BCUT2D eigenvalue weighted by molar-refractivity contribution is 7.89. The number of nitrogens with zero attached hydrogens (tertiary/aromatic N) is 3. The van der Waals surface area contributed by atoms with Crippen molar-refractivity contribution in [2.24, 2.45) is 5.14 Å². The van der Waals surface area contributed by atoms with Gasteiger partial charge in [-0.05, 0) is 36.1 Å². The summed E-state index contributed by atoms with van der Waals surface area (Å²) in [5.74, 6) is -0.925. The zero-order valence-corrected chi connectivity index (χ0v) is 20.3. The van der Waals surface area contributed by atoms with Crippen molar-refractivity contribution < 1.29 is 18.3 Å². The molecule has 9 nitrogen and oxygen atoms in total. The van der Waals surface area contributed by atoms with Crippen LogP contribution in [0.4, 0.5) is 0 Å². The molecule has 1 aromatic heterocycles. The van der Waals surface area contributed by atoms with Gasteiger partial charge in [0.25, 0.3) is 0 Å². The molecule has 0 saturated heterocycles. The molecule has 4 aromatic rings. The molecule has 4 N–H and O–H groups in total. The van der Waals surface area contributed by atoms with Crippen LogP contribution in [0.25, 0.3) is 11.3 Å². The summed E-state index contributed by atoms with van der Waals surface area (Å²) in [7, 11) is -3.79. The summed E-state index contributed by atoms with van der Waals surface area (Å²) < 4.78 is 24.8. The molecule has 0 spiro atoms. The van der Waals surface area contributed by atoms with E-state index in [1.807, 2.05) is 60.7 Å². The third-order valence-electron chi connectivity index (χ3n) is 5.86. The van der Waals surface area contributed by atoms with Gasteiger partial charge in [-0.15, -0.1) is 5.10 Å². The number of carbonyl (C=O) groups is 1. The van der Waals surface area contributed by atoms with Crippen LogP contribution in [0, 0.1) is 0 Å². The fourth-order valence-corrected chi connectivity index (χ4v) is 4.44. The highest BCUT2D eigenvalue weighted by Crippen LogP contribution is 2.21. The highest BCUT2D eigenvalue weighted by atomic mass is 32.2. The van der Waals surface area contributed by atoms with Crippen molar-refractivity contribution in [1.82, 2.24) is 20.3 Å². The van der Waals surface area contributed by atoms with E-state index in [4.69, 9.17) is 5.14 Å². The zero-order chi connectivity index (χ0) is 25.5. The second-order valence-electron chi connectivity index (χ2n) is 8.49. The topological polar surface area (TPSA) is 140 Å². The Kier molecular flexibility index (Phi) is 7.89. The van der Waals surface area contributed by atoms with Gasteiger partial charge in [-0.2, -0.15) is 0 Å². The van der Waals surface area contributed by atoms with Gasteiger partial charge < -0.3 is 10.4 Å². The largest absolute Gasteiger partial charge is 0.480 e. The van der Waals surface area contributed by atoms with Crippen molar-refractivity contribution in [1.29, 1.82) is 0 Å². The molecule has 10 heteroatoms. The first kappa shape index (κ1) is 25.2. The predicted octanol–water partition coefficient (Wildman–Crippen LogP) is 2.66. The van der Waals surface area contributed by atoms with Crippen molar-refractivity contribution in [3.63, 3.8) is 0 Å². The molecule has 2 atom stereocenters. The van der Waals surface area contributed by atoms with Gasteiger partial charge in [0.2, 0.25) is 10.0 Å². The van der Waals surface area contributed by atoms with Crippen LogP contribution in [0.1, 0.15) is 17.2 Å². The summed E-state index contributed by atoms with van der Waals surface area (Å²) in [6.07, 6.45) is 2.74. The molecule has 186 valence electrons. The van der Waals surface area contributed by atoms with Gasteiger partial charge in [0.05, 0.1) is 17.1 Å². The number of carboxylic acid groups (broad SMARTS) is 1. The Labute approximate surface area is 209 Å². The van der Waals surface area contributed by atoms with Crippen LogP contribution in [0.2, 0.25) is 0 Å². The van der Waals surface area contributed by atoms with Crippen molar-refractivity contribution in [3.05, 3.63) is 102 Å². The monoisotopic (exact) mass is 505 g/mol. The number of carboxylic acids is 1. The minimum absolute atomic E-state index is 0.0166. The van der Waals surface area contributed by atoms with Gasteiger partial charge in [-0.25, -0.2) is 18.2 Å². The second-order valence-corrected chi connectivity index (χ2v) is 10.0. The third-order valence-corrected chi connectivity index (χ3v) is 6.79. The van der Waals surface area contributed by atoms with Crippen LogP contribution >= 0.6 is 0 Å². The maximum Gasteiger partial charge on any atom is 0.321 e. The number of benzene rings is 3. The molecular formula is C26H27N5O4S. The summed E-state index contributed by atoms with van der Waals surface area (Å²) in [6, 6.07) is 24.5. The van der Waals surface area contributed by atoms with Gasteiger partial charge in [0.1, 0.15) is 11.7 Å². The Morgan fingerprint density at radius 1 is 0.917 bits per heavy atom. The fraction of sp³-hybridized carbons (Fsp3) is 0.192. The average molecular weight is 506 g/mol. The van der Waals surface area contributed by atoms with E-state index < -0.39 is 22.0 Å². The zero-order valence-electron chi connectivity index (χ0n) is 19.4. The summed E-state index contributed by atoms with van der Waals surface area (Å²) in [5.41, 5.74) is 3.26. The summed E-state index contributed by atoms with van der Waals surface area (Å²) in [6.45, 7) is 0.353. The lowest BCUT2D eigenvalue weighted by molar-refractivity contribution is -0.139. The maximum absolute atomic E-state index is 11.9. The molecule has 36 heavy (non-hydrogen) atoms. The number of hydrogen-bond acceptors (Lipinski definition) is 6. The van der Waals surface area contributed by atoms with E-state index in [0.29, 0.717) is 30.6 Å². The van der Waals surface area contributed by atoms with E-state index in [0.717, 1.165) is 11.1 Å². The highest BCUT2D eigenvalue weighted by Gasteiger charge is 2.22. The SMILES string of the molecule is NS(=O)(=O)c1ccc(-c2cn([C@@H](CNC(Cc3ccccc3)C(=O)O)Cc3ccccc3)nn2)cc1. The molecule has 0 aliphatic heterocycles. The van der Waals surface area contributed by atoms with Crippen LogP contribution in [-0.4, -0.2) is 47.1 Å². The summed E-state index contributed by atoms with van der Waals surface area (Å²) >= 11 is 0. The van der Waals surface area contributed by atoms with Gasteiger partial charge >= 0.3 is 5.97 Å². The fourth-order valence-electron chi connectivity index (χ4n) is 3.92. The molecule has 3 aromatic carbocycles. The molecule has 0 fully saturated rings. The number of primary sulfonamides is 1. The van der Waals surface area contributed by atoms with Gasteiger partial charge in [0.15, 0.2) is 0 Å². The third kappa shape index (κ3) is 6.63. The molecule has 0 aliphatic rings. The molecule has 0 aliphatic carbocycles. The molecule has 0 amide bonds. The normalized spacial score (nSPS) is 13.2. The van der Waals surface area contributed by atoms with E-state index in [9.17, 15) is 18.3 Å². The lowest BCUT2D eigenvalue weighted by Crippen LogP contribution is -2.42. The van der Waals surface area contributed by atoms with Crippen LogP contribution in [0.15, 0.2) is 96.0 Å². The number of nitrogens with two attached hydrogens (primary N) is 1. The van der Waals surface area contributed by atoms with Gasteiger partial charge in [-0.1, -0.05) is 78.0 Å². The molecular weight excluding hydrogens is 478 g/mol. The maximum atomic E-state index is 11.9. The lowest BCUT2D eigenvalue weighted by atomic mass is 10.0. The van der Waals surface area contributed by atoms with E-state index in [-0.39, 0.29) is 10.9 Å². The summed E-state index contributed by atoms with van der Waals surface area (Å²) in [5, 5.41) is 26.7. The Morgan fingerprint density at radius 3 is 2.06 bits per heavy atom. The number of hydrogen-bond donors (Lipinski definition) is 3. The van der Waals surface area contributed by atoms with E-state index in [2.05, 4.69) is 15.6 Å². The van der Waals surface area contributed by atoms with Gasteiger partial charge in [0, 0.05) is 12.1 Å². The van der Waals surface area contributed by atoms with Crippen molar-refractivity contribution in [2.75, 3.05) is 6.54 Å². The van der Waals surface area contributed by atoms with Crippen LogP contribution in [0.5, 0.6) is 0 Å². The van der Waals surface area contributed by atoms with E-state index in [1.165, 1.54) is 12.1 Å². The number of aliphatic carboxylic acids is 1. The first-order valence-electron chi connectivity index (χ1n) is 11.4. The Morgan fingerprint density at radius 2 is 1.50 bits per heavy atom. The molecule has 0 bridgehead atoms. The standard InChI is InChI=1S/C26H27N5O4S/c27-36(34,35)23-13-11-21(12-14-23)25-18-31(30-29-25)22(15-19-7-3-1-4-8-19)17-28-24(26(32)33)16-20-9-5-2-6-10-20/h1-14,18,22,24,28H,15-17H2,(H,32,33)(H2,27,34,35)/t22-,24?/m1/s1. The number of rotatable bonds is 11. The van der Waals surface area contributed by atoms with Crippen molar-refractivity contribution >= 4 is 16.0 Å². The van der Waals surface area contributed by atoms with E-state index in [1.54, 1.807) is 23.0 Å². The Hall–Kier alpha value is -3.86. The summed E-state index contributed by atoms with van der Waals surface area (Å²) in [4.78, 5) is 12.0. The molecule has 1 heterocycles. The number of aromatic nitrogens is 3. The minimum Gasteiger partial charge on any atom is -0.480 e. The first-order chi connectivity index (χ1) is 17.3. The molecule has 1 unspecified atom stereocenters. The minimum atomic E-state index is -3.79. The van der Waals surface area contributed by atoms with Crippen LogP contribution < -0.4 is 10.5 Å². The molecule has 0 radical (unpaired) electrons. The number of sulfonamides is 1. The molecule has 4 rings (SSSR count). The first-order valence-corrected chi connectivity index (χ1v) is 12.9. The quantitative estimate of drug-likeness (QED) is 0.285. The van der Waals surface area contributed by atoms with Crippen molar-refractivity contribution in [3.8, 4) is 11.3 Å².